The summed E-state index contributed by atoms with van der Waals surface area (Å²) in [5, 5.41) is 6.43. The lowest BCUT2D eigenvalue weighted by Crippen LogP contribution is -2.47. The fourth-order valence-corrected chi connectivity index (χ4v) is 4.01. The van der Waals surface area contributed by atoms with Gasteiger partial charge in [0.1, 0.15) is 5.52 Å². The number of nitrogens with one attached hydrogen (secondary N) is 2. The molecule has 3 heterocycles. The zero-order valence-electron chi connectivity index (χ0n) is 17.8. The summed E-state index contributed by atoms with van der Waals surface area (Å²) in [5.41, 5.74) is 2.63. The molecule has 2 amide bonds. The molecule has 32 heavy (non-hydrogen) atoms. The van der Waals surface area contributed by atoms with Gasteiger partial charge >= 0.3 is 6.03 Å². The van der Waals surface area contributed by atoms with Crippen LogP contribution < -0.4 is 21.1 Å². The van der Waals surface area contributed by atoms with E-state index in [-0.39, 0.29) is 17.6 Å². The van der Waals surface area contributed by atoms with E-state index in [2.05, 4.69) is 27.2 Å². The quantitative estimate of drug-likeness (QED) is 0.575. The van der Waals surface area contributed by atoms with E-state index < -0.39 is 0 Å². The van der Waals surface area contributed by atoms with Gasteiger partial charge in [0.15, 0.2) is 11.5 Å². The minimum Gasteiger partial charge on any atom is -0.352 e. The molecule has 1 fully saturated rings. The van der Waals surface area contributed by atoms with Crippen molar-refractivity contribution in [2.75, 3.05) is 23.3 Å². The lowest BCUT2D eigenvalue weighted by molar-refractivity contribution is 0.246. The molecule has 166 valence electrons. The number of amides is 2. The van der Waals surface area contributed by atoms with Crippen LogP contribution in [0.2, 0.25) is 5.02 Å². The minimum absolute atomic E-state index is 0.00435. The highest BCUT2D eigenvalue weighted by molar-refractivity contribution is 6.31. The molecule has 0 radical (unpaired) electrons. The van der Waals surface area contributed by atoms with Crippen molar-refractivity contribution in [3.63, 3.8) is 0 Å². The molecule has 3 aromatic rings. The Morgan fingerprint density at radius 1 is 1.31 bits per heavy atom. The van der Waals surface area contributed by atoms with Crippen LogP contribution in [0.3, 0.4) is 0 Å². The highest BCUT2D eigenvalue weighted by Crippen LogP contribution is 2.21. The molecule has 9 heteroatoms. The number of nitrogens with zero attached hydrogens (tertiary/aromatic N) is 4. The molecule has 0 spiro atoms. The Morgan fingerprint density at radius 3 is 2.81 bits per heavy atom. The Bertz CT molecular complexity index is 1220. The van der Waals surface area contributed by atoms with Gasteiger partial charge in [-0.3, -0.25) is 9.36 Å². The Kier molecular flexibility index (Phi) is 6.41. The van der Waals surface area contributed by atoms with Crippen molar-refractivity contribution < 1.29 is 4.79 Å². The first-order valence-electron chi connectivity index (χ1n) is 10.5. The summed E-state index contributed by atoms with van der Waals surface area (Å²) < 4.78 is 1.59. The number of carbonyl (C=O) groups excluding carboxylic acids is 1. The van der Waals surface area contributed by atoms with E-state index in [1.54, 1.807) is 29.0 Å². The molecule has 1 aliphatic heterocycles. The van der Waals surface area contributed by atoms with Crippen LogP contribution in [0, 0.1) is 6.92 Å². The number of carbonyl (C=O) groups is 1. The van der Waals surface area contributed by atoms with Crippen LogP contribution in [0.15, 0.2) is 54.0 Å². The van der Waals surface area contributed by atoms with Gasteiger partial charge in [-0.1, -0.05) is 23.7 Å². The average molecular weight is 453 g/mol. The van der Waals surface area contributed by atoms with Crippen molar-refractivity contribution in [2.24, 2.45) is 0 Å². The van der Waals surface area contributed by atoms with E-state index in [9.17, 15) is 9.59 Å². The van der Waals surface area contributed by atoms with E-state index in [1.165, 1.54) is 0 Å². The normalized spacial score (nSPS) is 14.4. The molecule has 0 saturated carbocycles. The largest absolute Gasteiger partial charge is 0.352 e. The Balaban J connectivity index is 1.42. The molecule has 1 aliphatic rings. The number of pyridine rings is 1. The maximum Gasteiger partial charge on any atom is 0.319 e. The van der Waals surface area contributed by atoms with Crippen molar-refractivity contribution >= 4 is 40.3 Å². The standard InChI is InChI=1S/C23H25ClN6O2/c1-3-11-30-20-19(5-4-10-25-20)28-21(22(30)31)29-12-8-16(9-13-29)26-23(32)27-17-7-6-15(2)18(24)14-17/h3-7,10,14,16H,1,8-9,11-13H2,2H3,(H2,26,27,32). The number of hydrogen-bond donors (Lipinski definition) is 2. The predicted octanol–water partition coefficient (Wildman–Crippen LogP) is 3.73. The smallest absolute Gasteiger partial charge is 0.319 e. The van der Waals surface area contributed by atoms with Crippen molar-refractivity contribution in [3.05, 3.63) is 70.1 Å². The van der Waals surface area contributed by atoms with Gasteiger partial charge in [0, 0.05) is 42.6 Å². The summed E-state index contributed by atoms with van der Waals surface area (Å²) in [7, 11) is 0. The molecule has 0 bridgehead atoms. The van der Waals surface area contributed by atoms with Crippen LogP contribution in [0.4, 0.5) is 16.3 Å². The third-order valence-electron chi connectivity index (χ3n) is 5.56. The lowest BCUT2D eigenvalue weighted by Gasteiger charge is -2.33. The Labute approximate surface area is 190 Å². The molecule has 2 N–H and O–H groups in total. The molecular formula is C23H25ClN6O2. The topological polar surface area (TPSA) is 92.2 Å². The van der Waals surface area contributed by atoms with Crippen LogP contribution in [0.1, 0.15) is 18.4 Å². The van der Waals surface area contributed by atoms with E-state index >= 15 is 0 Å². The number of benzene rings is 1. The molecule has 2 aromatic heterocycles. The van der Waals surface area contributed by atoms with Gasteiger partial charge in [-0.25, -0.2) is 14.8 Å². The van der Waals surface area contributed by atoms with Gasteiger partial charge in [-0.05, 0) is 49.6 Å². The van der Waals surface area contributed by atoms with E-state index in [0.29, 0.717) is 60.2 Å². The maximum atomic E-state index is 13.1. The van der Waals surface area contributed by atoms with E-state index in [1.807, 2.05) is 30.0 Å². The maximum absolute atomic E-state index is 13.1. The van der Waals surface area contributed by atoms with E-state index in [4.69, 9.17) is 11.6 Å². The second kappa shape index (κ2) is 9.40. The number of hydrogen-bond acceptors (Lipinski definition) is 5. The number of halogens is 1. The van der Waals surface area contributed by atoms with Gasteiger partial charge in [-0.15, -0.1) is 6.58 Å². The summed E-state index contributed by atoms with van der Waals surface area (Å²) >= 11 is 6.12. The number of allylic oxidation sites excluding steroid dienone is 1. The number of aromatic nitrogens is 3. The van der Waals surface area contributed by atoms with Crippen LogP contribution in [-0.2, 0) is 6.54 Å². The zero-order chi connectivity index (χ0) is 22.7. The molecular weight excluding hydrogens is 428 g/mol. The molecule has 0 atom stereocenters. The molecule has 1 aromatic carbocycles. The van der Waals surface area contributed by atoms with Crippen LogP contribution >= 0.6 is 11.6 Å². The number of anilines is 2. The van der Waals surface area contributed by atoms with Crippen LogP contribution in [0.5, 0.6) is 0 Å². The fraction of sp³-hybridized carbons (Fsp3) is 0.304. The van der Waals surface area contributed by atoms with Crippen molar-refractivity contribution in [2.45, 2.75) is 32.4 Å². The van der Waals surface area contributed by atoms with E-state index in [0.717, 1.165) is 5.56 Å². The number of piperidine rings is 1. The summed E-state index contributed by atoms with van der Waals surface area (Å²) in [6, 6.07) is 8.79. The highest BCUT2D eigenvalue weighted by atomic mass is 35.5. The lowest BCUT2D eigenvalue weighted by atomic mass is 10.1. The van der Waals surface area contributed by atoms with Gasteiger partial charge in [0.2, 0.25) is 0 Å². The second-order valence-electron chi connectivity index (χ2n) is 7.81. The molecule has 1 saturated heterocycles. The molecule has 4 rings (SSSR count). The van der Waals surface area contributed by atoms with Crippen LogP contribution in [-0.4, -0.2) is 39.7 Å². The van der Waals surface area contributed by atoms with Crippen molar-refractivity contribution in [1.29, 1.82) is 0 Å². The monoisotopic (exact) mass is 452 g/mol. The fourth-order valence-electron chi connectivity index (χ4n) is 3.83. The number of urea groups is 1. The molecule has 0 unspecified atom stereocenters. The third kappa shape index (κ3) is 4.60. The summed E-state index contributed by atoms with van der Waals surface area (Å²) in [6.07, 6.45) is 4.73. The first-order chi connectivity index (χ1) is 15.5. The zero-order valence-corrected chi connectivity index (χ0v) is 18.6. The number of fused-ring (bicyclic) bond motifs is 1. The second-order valence-corrected chi connectivity index (χ2v) is 8.22. The van der Waals surface area contributed by atoms with Gasteiger partial charge in [0.25, 0.3) is 5.56 Å². The predicted molar refractivity (Wildman–Crippen MR) is 128 cm³/mol. The van der Waals surface area contributed by atoms with Gasteiger partial charge < -0.3 is 15.5 Å². The van der Waals surface area contributed by atoms with Crippen molar-refractivity contribution in [3.8, 4) is 0 Å². The molecule has 0 aliphatic carbocycles. The van der Waals surface area contributed by atoms with Crippen LogP contribution in [0.25, 0.3) is 11.2 Å². The number of aryl methyl sites for hydroxylation is 1. The number of rotatable bonds is 5. The summed E-state index contributed by atoms with van der Waals surface area (Å²) in [4.78, 5) is 36.3. The van der Waals surface area contributed by atoms with Crippen molar-refractivity contribution in [1.82, 2.24) is 19.9 Å². The summed E-state index contributed by atoms with van der Waals surface area (Å²) in [5.74, 6) is 0.407. The SMILES string of the molecule is C=CCn1c(=O)c(N2CCC(NC(=O)Nc3ccc(C)c(Cl)c3)CC2)nc2cccnc21. The Morgan fingerprint density at radius 2 is 2.09 bits per heavy atom. The first-order valence-corrected chi connectivity index (χ1v) is 10.9. The Hall–Kier alpha value is -3.39. The average Bonchev–Trinajstić information content (AvgIpc) is 2.79. The van der Waals surface area contributed by atoms with Gasteiger partial charge in [0.05, 0.1) is 0 Å². The highest BCUT2D eigenvalue weighted by Gasteiger charge is 2.24. The first kappa shape index (κ1) is 21.8. The third-order valence-corrected chi connectivity index (χ3v) is 5.96. The minimum atomic E-state index is -0.272. The van der Waals surface area contributed by atoms with Gasteiger partial charge in [-0.2, -0.15) is 0 Å². The molecule has 8 nitrogen and oxygen atoms in total. The summed E-state index contributed by atoms with van der Waals surface area (Å²) in [6.45, 7) is 7.25.